The van der Waals surface area contributed by atoms with Crippen LogP contribution in [0.1, 0.15) is 27.9 Å². The van der Waals surface area contributed by atoms with Crippen LogP contribution in [-0.4, -0.2) is 22.5 Å². The fourth-order valence-corrected chi connectivity index (χ4v) is 5.13. The molecule has 0 N–H and O–H groups in total. The van der Waals surface area contributed by atoms with Crippen molar-refractivity contribution >= 4 is 32.2 Å². The third-order valence-electron chi connectivity index (χ3n) is 5.64. The van der Waals surface area contributed by atoms with Crippen molar-refractivity contribution in [2.24, 2.45) is 0 Å². The van der Waals surface area contributed by atoms with Crippen LogP contribution in [0.4, 0.5) is 0 Å². The van der Waals surface area contributed by atoms with Gasteiger partial charge in [-0.05, 0) is 74.0 Å². The van der Waals surface area contributed by atoms with Crippen LogP contribution >= 0.6 is 0 Å². The SMILES string of the molecule is Cc1cc(C)c(S(=O)(=O)[O-])c(C)c1.Cc1cc2c3cccn3c3ccccc3[n+]2nc1C. The zero-order chi connectivity index (χ0) is 23.2. The Kier molecular flexibility index (Phi) is 5.48. The first-order valence-corrected chi connectivity index (χ1v) is 11.7. The number of nitrogens with zero attached hydrogens (tertiary/aromatic N) is 3. The molecule has 32 heavy (non-hydrogen) atoms. The van der Waals surface area contributed by atoms with Gasteiger partial charge in [0, 0.05) is 23.4 Å². The van der Waals surface area contributed by atoms with Crippen molar-refractivity contribution in [1.29, 1.82) is 0 Å². The average Bonchev–Trinajstić information content (AvgIpc) is 3.18. The van der Waals surface area contributed by atoms with Crippen molar-refractivity contribution in [2.45, 2.75) is 39.5 Å². The second-order valence-electron chi connectivity index (χ2n) is 8.14. The molecule has 6 nitrogen and oxygen atoms in total. The first kappa shape index (κ1) is 21.9. The van der Waals surface area contributed by atoms with E-state index in [-0.39, 0.29) is 4.90 Å². The van der Waals surface area contributed by atoms with Gasteiger partial charge >= 0.3 is 0 Å². The average molecular weight is 448 g/mol. The number of hydrogen-bond donors (Lipinski definition) is 0. The third-order valence-corrected chi connectivity index (χ3v) is 6.78. The monoisotopic (exact) mass is 447 g/mol. The molecule has 0 amide bonds. The summed E-state index contributed by atoms with van der Waals surface area (Å²) in [7, 11) is -4.33. The van der Waals surface area contributed by atoms with Gasteiger partial charge < -0.3 is 8.95 Å². The van der Waals surface area contributed by atoms with Gasteiger partial charge in [0.2, 0.25) is 0 Å². The molecular weight excluding hydrogens is 422 g/mol. The molecule has 164 valence electrons. The van der Waals surface area contributed by atoms with Crippen molar-refractivity contribution < 1.29 is 17.5 Å². The minimum atomic E-state index is -4.33. The normalized spacial score (nSPS) is 11.7. The van der Waals surface area contributed by atoms with Gasteiger partial charge in [0.05, 0.1) is 4.90 Å². The minimum Gasteiger partial charge on any atom is -0.744 e. The molecule has 5 rings (SSSR count). The summed E-state index contributed by atoms with van der Waals surface area (Å²) >= 11 is 0. The molecule has 0 bridgehead atoms. The smallest absolute Gasteiger partial charge is 0.262 e. The third kappa shape index (κ3) is 3.85. The Morgan fingerprint density at radius 3 is 2.06 bits per heavy atom. The second kappa shape index (κ2) is 8.00. The molecule has 0 radical (unpaired) electrons. The van der Waals surface area contributed by atoms with Gasteiger partial charge in [0.15, 0.2) is 0 Å². The highest BCUT2D eigenvalue weighted by molar-refractivity contribution is 7.85. The second-order valence-corrected chi connectivity index (χ2v) is 9.46. The lowest BCUT2D eigenvalue weighted by Crippen LogP contribution is -2.30. The van der Waals surface area contributed by atoms with Crippen LogP contribution in [-0.2, 0) is 10.1 Å². The molecule has 3 aromatic heterocycles. The van der Waals surface area contributed by atoms with Gasteiger partial charge in [-0.25, -0.2) is 8.42 Å². The molecule has 0 saturated heterocycles. The lowest BCUT2D eigenvalue weighted by atomic mass is 10.1. The number of para-hydroxylation sites is 2. The maximum Gasteiger partial charge on any atom is 0.262 e. The van der Waals surface area contributed by atoms with E-state index in [2.05, 4.69) is 66.9 Å². The summed E-state index contributed by atoms with van der Waals surface area (Å²) < 4.78 is 36.8. The number of rotatable bonds is 1. The van der Waals surface area contributed by atoms with E-state index in [0.717, 1.165) is 22.3 Å². The van der Waals surface area contributed by atoms with Crippen molar-refractivity contribution in [2.75, 3.05) is 0 Å². The highest BCUT2D eigenvalue weighted by Crippen LogP contribution is 2.21. The van der Waals surface area contributed by atoms with Gasteiger partial charge in [0.1, 0.15) is 26.8 Å². The number of hydrogen-bond acceptors (Lipinski definition) is 4. The number of fused-ring (bicyclic) bond motifs is 6. The van der Waals surface area contributed by atoms with Crippen molar-refractivity contribution in [1.82, 2.24) is 9.50 Å². The largest absolute Gasteiger partial charge is 0.744 e. The zero-order valence-corrected chi connectivity index (χ0v) is 19.6. The summed E-state index contributed by atoms with van der Waals surface area (Å²) in [6.45, 7) is 9.28. The summed E-state index contributed by atoms with van der Waals surface area (Å²) in [6, 6.07) is 18.2. The molecule has 7 heteroatoms. The minimum absolute atomic E-state index is 0.0851. The Bertz CT molecular complexity index is 1580. The maximum atomic E-state index is 10.8. The Morgan fingerprint density at radius 1 is 0.812 bits per heavy atom. The van der Waals surface area contributed by atoms with Gasteiger partial charge in [-0.1, -0.05) is 29.8 Å². The van der Waals surface area contributed by atoms with E-state index in [9.17, 15) is 13.0 Å². The van der Waals surface area contributed by atoms with Crippen LogP contribution in [0.25, 0.3) is 22.1 Å². The predicted molar refractivity (Wildman–Crippen MR) is 124 cm³/mol. The quantitative estimate of drug-likeness (QED) is 0.217. The van der Waals surface area contributed by atoms with Gasteiger partial charge in [-0.3, -0.25) is 0 Å². The molecule has 0 atom stereocenters. The fraction of sp³-hybridized carbons (Fsp3) is 0.200. The van der Waals surface area contributed by atoms with E-state index < -0.39 is 10.1 Å². The lowest BCUT2D eigenvalue weighted by molar-refractivity contribution is -0.553. The molecule has 3 heterocycles. The zero-order valence-electron chi connectivity index (χ0n) is 18.7. The van der Waals surface area contributed by atoms with E-state index >= 15 is 0 Å². The summed E-state index contributed by atoms with van der Waals surface area (Å²) in [5, 5.41) is 4.74. The van der Waals surface area contributed by atoms with Crippen LogP contribution in [0.15, 0.2) is 65.7 Å². The Balaban J connectivity index is 0.000000166. The topological polar surface area (TPSA) is 78.6 Å². The van der Waals surface area contributed by atoms with Gasteiger partial charge in [-0.15, -0.1) is 0 Å². The molecule has 0 aliphatic rings. The van der Waals surface area contributed by atoms with Gasteiger partial charge in [0.25, 0.3) is 11.0 Å². The maximum absolute atomic E-state index is 10.8. The van der Waals surface area contributed by atoms with Crippen molar-refractivity contribution in [3.05, 3.63) is 88.7 Å². The fourth-order valence-electron chi connectivity index (χ4n) is 4.23. The summed E-state index contributed by atoms with van der Waals surface area (Å²) in [4.78, 5) is -0.0851. The highest BCUT2D eigenvalue weighted by Gasteiger charge is 2.18. The molecule has 2 aromatic carbocycles. The molecular formula is C25H25N3O3S. The number of aromatic nitrogens is 3. The Morgan fingerprint density at radius 2 is 1.41 bits per heavy atom. The summed E-state index contributed by atoms with van der Waals surface area (Å²) in [6.07, 6.45) is 2.10. The summed E-state index contributed by atoms with van der Waals surface area (Å²) in [5.74, 6) is 0. The van der Waals surface area contributed by atoms with Crippen LogP contribution in [0.3, 0.4) is 0 Å². The summed E-state index contributed by atoms with van der Waals surface area (Å²) in [5.41, 5.74) is 8.93. The molecule has 5 aromatic rings. The Hall–Kier alpha value is -3.29. The lowest BCUT2D eigenvalue weighted by Gasteiger charge is -2.14. The van der Waals surface area contributed by atoms with Crippen molar-refractivity contribution in [3.63, 3.8) is 0 Å². The molecule has 0 unspecified atom stereocenters. The first-order valence-electron chi connectivity index (χ1n) is 10.3. The van der Waals surface area contributed by atoms with Crippen LogP contribution in [0.5, 0.6) is 0 Å². The first-order chi connectivity index (χ1) is 15.1. The highest BCUT2D eigenvalue weighted by atomic mass is 32.2. The molecule has 0 saturated carbocycles. The molecule has 0 aliphatic heterocycles. The van der Waals surface area contributed by atoms with Crippen molar-refractivity contribution in [3.8, 4) is 0 Å². The molecule has 0 fully saturated rings. The predicted octanol–water partition coefficient (Wildman–Crippen LogP) is 4.36. The van der Waals surface area contributed by atoms with E-state index in [4.69, 9.17) is 5.10 Å². The van der Waals surface area contributed by atoms with Crippen LogP contribution in [0, 0.1) is 34.6 Å². The Labute approximate surface area is 187 Å². The number of benzene rings is 2. The van der Waals surface area contributed by atoms with E-state index in [0.29, 0.717) is 11.1 Å². The molecule has 0 aliphatic carbocycles. The standard InChI is InChI=1S/C16H14N3.C9H12O3S/c1-11-10-16-14-8-5-9-18(14)13-6-3-4-7-15(13)19(16)17-12(11)2;1-6-4-7(2)9(8(3)5-6)13(10,11)12/h3-10H,1-2H3;4-5H,1-3H3,(H,10,11,12)/q+1;/p-1. The van der Waals surface area contributed by atoms with E-state index in [1.54, 1.807) is 26.0 Å². The van der Waals surface area contributed by atoms with Crippen LogP contribution < -0.4 is 4.52 Å². The van der Waals surface area contributed by atoms with Gasteiger partial charge in [-0.2, -0.15) is 0 Å². The van der Waals surface area contributed by atoms with E-state index in [1.165, 1.54) is 16.6 Å². The number of aryl methyl sites for hydroxylation is 5. The van der Waals surface area contributed by atoms with Crippen LogP contribution in [0.2, 0.25) is 0 Å². The molecule has 0 spiro atoms. The van der Waals surface area contributed by atoms with E-state index in [1.807, 2.05) is 11.4 Å².